The molecule has 0 saturated heterocycles. The van der Waals surface area contributed by atoms with Crippen molar-refractivity contribution in [2.24, 2.45) is 0 Å². The van der Waals surface area contributed by atoms with E-state index in [1.807, 2.05) is 0 Å². The van der Waals surface area contributed by atoms with Crippen LogP contribution in [0, 0.1) is 0 Å². The second-order valence-corrected chi connectivity index (χ2v) is 7.16. The van der Waals surface area contributed by atoms with Crippen LogP contribution >= 0.6 is 11.3 Å². The van der Waals surface area contributed by atoms with Crippen LogP contribution < -0.4 is 5.32 Å². The molecule has 0 amide bonds. The summed E-state index contributed by atoms with van der Waals surface area (Å²) < 4.78 is 23.4. The van der Waals surface area contributed by atoms with Gasteiger partial charge in [-0.3, -0.25) is 0 Å². The third-order valence-corrected chi connectivity index (χ3v) is 4.75. The first-order chi connectivity index (χ1) is 9.39. The topological polar surface area (TPSA) is 83.5 Å². The van der Waals surface area contributed by atoms with E-state index in [0.717, 1.165) is 6.26 Å². The molecule has 1 atom stereocenters. The molecule has 1 aromatic heterocycles. The van der Waals surface area contributed by atoms with Crippen molar-refractivity contribution in [1.82, 2.24) is 0 Å². The number of carboxylic acids is 1. The Labute approximate surface area is 120 Å². The van der Waals surface area contributed by atoms with Crippen molar-refractivity contribution in [1.29, 1.82) is 0 Å². The third kappa shape index (κ3) is 3.17. The van der Waals surface area contributed by atoms with E-state index in [1.54, 1.807) is 35.7 Å². The van der Waals surface area contributed by atoms with Crippen molar-refractivity contribution >= 4 is 32.8 Å². The van der Waals surface area contributed by atoms with Crippen LogP contribution in [0.4, 0.5) is 5.69 Å². The minimum Gasteiger partial charge on any atom is -0.479 e. The molecule has 0 fully saturated rings. The maximum Gasteiger partial charge on any atom is 0.331 e. The van der Waals surface area contributed by atoms with Gasteiger partial charge in [0.15, 0.2) is 15.9 Å². The number of carboxylic acid groups (broad SMARTS) is 1. The molecule has 0 spiro atoms. The van der Waals surface area contributed by atoms with Crippen LogP contribution in [0.25, 0.3) is 0 Å². The number of rotatable bonds is 5. The lowest BCUT2D eigenvalue weighted by Crippen LogP contribution is -2.20. The number of hydrogen-bond acceptors (Lipinski definition) is 5. The Hall–Kier alpha value is -1.86. The first-order valence-electron chi connectivity index (χ1n) is 5.71. The number of thiophene rings is 1. The minimum absolute atomic E-state index is 0.0859. The molecule has 2 rings (SSSR count). The van der Waals surface area contributed by atoms with Crippen molar-refractivity contribution in [2.75, 3.05) is 11.6 Å². The maximum atomic E-state index is 11.7. The number of anilines is 1. The number of nitrogens with one attached hydrogen (secondary N) is 1. The van der Waals surface area contributed by atoms with Gasteiger partial charge in [0.2, 0.25) is 0 Å². The minimum atomic E-state index is -3.43. The lowest BCUT2D eigenvalue weighted by atomic mass is 10.2. The Morgan fingerprint density at radius 3 is 2.50 bits per heavy atom. The van der Waals surface area contributed by atoms with E-state index in [-0.39, 0.29) is 10.6 Å². The zero-order chi connectivity index (χ0) is 14.8. The SMILES string of the molecule is CS(=O)(=O)c1ccccc1NC(C(=O)O)c1cccs1. The summed E-state index contributed by atoms with van der Waals surface area (Å²) in [7, 11) is -3.43. The van der Waals surface area contributed by atoms with Crippen LogP contribution in [-0.2, 0) is 14.6 Å². The second-order valence-electron chi connectivity index (χ2n) is 4.20. The van der Waals surface area contributed by atoms with Gasteiger partial charge >= 0.3 is 5.97 Å². The molecule has 2 N–H and O–H groups in total. The summed E-state index contributed by atoms with van der Waals surface area (Å²) in [6, 6.07) is 8.73. The third-order valence-electron chi connectivity index (χ3n) is 2.66. The molecule has 106 valence electrons. The monoisotopic (exact) mass is 311 g/mol. The van der Waals surface area contributed by atoms with Gasteiger partial charge in [0.05, 0.1) is 10.6 Å². The number of sulfone groups is 1. The molecule has 20 heavy (non-hydrogen) atoms. The zero-order valence-corrected chi connectivity index (χ0v) is 12.2. The van der Waals surface area contributed by atoms with Gasteiger partial charge in [0, 0.05) is 11.1 Å². The van der Waals surface area contributed by atoms with Crippen LogP contribution in [0.1, 0.15) is 10.9 Å². The number of aliphatic carboxylic acids is 1. The average molecular weight is 311 g/mol. The number of carbonyl (C=O) groups is 1. The molecule has 0 aliphatic heterocycles. The van der Waals surface area contributed by atoms with Gasteiger partial charge in [0.25, 0.3) is 0 Å². The molecule has 7 heteroatoms. The lowest BCUT2D eigenvalue weighted by Gasteiger charge is -2.16. The molecule has 2 aromatic rings. The first-order valence-corrected chi connectivity index (χ1v) is 8.48. The van der Waals surface area contributed by atoms with Crippen LogP contribution in [-0.4, -0.2) is 25.7 Å². The maximum absolute atomic E-state index is 11.7. The highest BCUT2D eigenvalue weighted by Crippen LogP contribution is 2.28. The fraction of sp³-hybridized carbons (Fsp3) is 0.154. The van der Waals surface area contributed by atoms with Gasteiger partial charge in [-0.1, -0.05) is 18.2 Å². The molecule has 1 unspecified atom stereocenters. The molecular weight excluding hydrogens is 298 g/mol. The van der Waals surface area contributed by atoms with Crippen LogP contribution in [0.2, 0.25) is 0 Å². The number of hydrogen-bond donors (Lipinski definition) is 2. The van der Waals surface area contributed by atoms with Crippen molar-refractivity contribution in [2.45, 2.75) is 10.9 Å². The molecule has 0 bridgehead atoms. The predicted octanol–water partition coefficient (Wildman–Crippen LogP) is 2.39. The quantitative estimate of drug-likeness (QED) is 0.886. The van der Waals surface area contributed by atoms with Crippen LogP contribution in [0.15, 0.2) is 46.7 Å². The van der Waals surface area contributed by atoms with Crippen molar-refractivity contribution in [3.8, 4) is 0 Å². The van der Waals surface area contributed by atoms with E-state index >= 15 is 0 Å². The summed E-state index contributed by atoms with van der Waals surface area (Å²) in [6.07, 6.45) is 1.09. The second kappa shape index (κ2) is 5.64. The summed E-state index contributed by atoms with van der Waals surface area (Å²) in [5.74, 6) is -1.06. The Morgan fingerprint density at radius 1 is 1.25 bits per heavy atom. The summed E-state index contributed by atoms with van der Waals surface area (Å²) in [6.45, 7) is 0. The summed E-state index contributed by atoms with van der Waals surface area (Å²) in [5.41, 5.74) is 0.288. The Balaban J connectivity index is 2.40. The lowest BCUT2D eigenvalue weighted by molar-refractivity contribution is -0.138. The summed E-state index contributed by atoms with van der Waals surface area (Å²) >= 11 is 1.30. The fourth-order valence-corrected chi connectivity index (χ4v) is 3.39. The Morgan fingerprint density at radius 2 is 1.95 bits per heavy atom. The molecule has 5 nitrogen and oxygen atoms in total. The molecular formula is C13H13NO4S2. The molecule has 1 aromatic carbocycles. The molecule has 0 aliphatic rings. The Bertz CT molecular complexity index is 708. The van der Waals surface area contributed by atoms with Crippen molar-refractivity contribution in [3.63, 3.8) is 0 Å². The van der Waals surface area contributed by atoms with Gasteiger partial charge < -0.3 is 10.4 Å². The van der Waals surface area contributed by atoms with E-state index in [4.69, 9.17) is 0 Å². The first kappa shape index (κ1) is 14.5. The molecule has 0 saturated carbocycles. The standard InChI is InChI=1S/C13H13NO4S2/c1-20(17,18)11-7-3-2-5-9(11)14-12(13(15)16)10-6-4-8-19-10/h2-8,12,14H,1H3,(H,15,16). The van der Waals surface area contributed by atoms with Gasteiger partial charge in [-0.2, -0.15) is 0 Å². The van der Waals surface area contributed by atoms with E-state index < -0.39 is 21.8 Å². The summed E-state index contributed by atoms with van der Waals surface area (Å²) in [4.78, 5) is 12.1. The molecule has 1 heterocycles. The highest BCUT2D eigenvalue weighted by atomic mass is 32.2. The largest absolute Gasteiger partial charge is 0.479 e. The van der Waals surface area contributed by atoms with Gasteiger partial charge in [-0.05, 0) is 23.6 Å². The highest BCUT2D eigenvalue weighted by Gasteiger charge is 2.23. The van der Waals surface area contributed by atoms with Crippen molar-refractivity contribution in [3.05, 3.63) is 46.7 Å². The number of benzene rings is 1. The zero-order valence-electron chi connectivity index (χ0n) is 10.6. The van der Waals surface area contributed by atoms with E-state index in [2.05, 4.69) is 5.32 Å². The van der Waals surface area contributed by atoms with Gasteiger partial charge in [-0.15, -0.1) is 11.3 Å². The molecule has 0 radical (unpaired) electrons. The van der Waals surface area contributed by atoms with E-state index in [9.17, 15) is 18.3 Å². The van der Waals surface area contributed by atoms with E-state index in [1.165, 1.54) is 17.4 Å². The normalized spacial score (nSPS) is 12.8. The average Bonchev–Trinajstić information content (AvgIpc) is 2.88. The smallest absolute Gasteiger partial charge is 0.331 e. The molecule has 0 aliphatic carbocycles. The Kier molecular flexibility index (Phi) is 4.10. The van der Waals surface area contributed by atoms with E-state index in [0.29, 0.717) is 4.88 Å². The fourth-order valence-electron chi connectivity index (χ4n) is 1.77. The van der Waals surface area contributed by atoms with Crippen LogP contribution in [0.3, 0.4) is 0 Å². The number of para-hydroxylation sites is 1. The predicted molar refractivity (Wildman–Crippen MR) is 77.9 cm³/mol. The van der Waals surface area contributed by atoms with Gasteiger partial charge in [0.1, 0.15) is 0 Å². The summed E-state index contributed by atoms with van der Waals surface area (Å²) in [5, 5.41) is 13.9. The van der Waals surface area contributed by atoms with Crippen molar-refractivity contribution < 1.29 is 18.3 Å². The van der Waals surface area contributed by atoms with Gasteiger partial charge in [-0.25, -0.2) is 13.2 Å². The highest BCUT2D eigenvalue weighted by molar-refractivity contribution is 7.90. The van der Waals surface area contributed by atoms with Crippen LogP contribution in [0.5, 0.6) is 0 Å².